The summed E-state index contributed by atoms with van der Waals surface area (Å²) in [5.41, 5.74) is 1.06. The molecule has 4 saturated carbocycles. The van der Waals surface area contributed by atoms with Gasteiger partial charge in [0.15, 0.2) is 0 Å². The van der Waals surface area contributed by atoms with E-state index in [0.29, 0.717) is 29.5 Å². The normalized spacial score (nSPS) is 41.8. The zero-order valence-electron chi connectivity index (χ0n) is 21.4. The van der Waals surface area contributed by atoms with Crippen molar-refractivity contribution in [2.24, 2.45) is 52.3 Å². The molecule has 0 aromatic heterocycles. The smallest absolute Gasteiger partial charge is 0.323 e. The predicted octanol–water partition coefficient (Wildman–Crippen LogP) is 6.75. The maximum absolute atomic E-state index is 11.9. The second-order valence-corrected chi connectivity index (χ2v) is 12.7. The lowest BCUT2D eigenvalue weighted by Crippen LogP contribution is -2.53. The van der Waals surface area contributed by atoms with Crippen LogP contribution in [0.1, 0.15) is 111 Å². The van der Waals surface area contributed by atoms with E-state index in [1.54, 1.807) is 0 Å². The molecule has 0 amide bonds. The van der Waals surface area contributed by atoms with E-state index in [4.69, 9.17) is 0 Å². The Balaban J connectivity index is 1.36. The lowest BCUT2D eigenvalue weighted by molar-refractivity contribution is -0.161. The van der Waals surface area contributed by atoms with E-state index in [1.807, 2.05) is 0 Å². The highest BCUT2D eigenvalue weighted by Gasteiger charge is 2.60. The molecule has 0 bridgehead atoms. The summed E-state index contributed by atoms with van der Waals surface area (Å²) in [4.78, 5) is 34.3. The Labute approximate surface area is 201 Å². The molecule has 0 aromatic carbocycles. The van der Waals surface area contributed by atoms with E-state index < -0.39 is 17.9 Å². The molecule has 2 unspecified atom stereocenters. The summed E-state index contributed by atoms with van der Waals surface area (Å²) in [6.45, 7) is 8.87. The number of esters is 2. The van der Waals surface area contributed by atoms with Crippen LogP contribution in [-0.2, 0) is 19.1 Å². The number of rotatable bonds is 7. The number of hydrogen-bond donors (Lipinski definition) is 0. The Morgan fingerprint density at radius 1 is 0.939 bits per heavy atom. The van der Waals surface area contributed by atoms with Gasteiger partial charge in [-0.15, -0.1) is 0 Å². The van der Waals surface area contributed by atoms with Gasteiger partial charge in [0.2, 0.25) is 0 Å². The summed E-state index contributed by atoms with van der Waals surface area (Å²) in [6, 6.07) is 0. The number of ether oxygens (including phenoxy) is 1. The quantitative estimate of drug-likeness (QED) is 0.241. The molecule has 9 atom stereocenters. The summed E-state index contributed by atoms with van der Waals surface area (Å²) < 4.78 is 4.63. The number of hydrogen-bond acceptors (Lipinski definition) is 4. The Morgan fingerprint density at radius 2 is 1.70 bits per heavy atom. The minimum atomic E-state index is -0.810. The maximum atomic E-state index is 11.9. The minimum Gasteiger partial charge on any atom is -0.393 e. The van der Waals surface area contributed by atoms with Crippen LogP contribution >= 0.6 is 0 Å². The van der Waals surface area contributed by atoms with Gasteiger partial charge in [-0.3, -0.25) is 9.59 Å². The van der Waals surface area contributed by atoms with E-state index in [1.165, 1.54) is 71.1 Å². The molecule has 0 radical (unpaired) electrons. The van der Waals surface area contributed by atoms with Gasteiger partial charge >= 0.3 is 11.9 Å². The van der Waals surface area contributed by atoms with Gasteiger partial charge < -0.3 is 9.53 Å². The highest BCUT2D eigenvalue weighted by atomic mass is 16.6. The zero-order valence-corrected chi connectivity index (χ0v) is 21.4. The topological polar surface area (TPSA) is 60.4 Å². The van der Waals surface area contributed by atoms with Crippen molar-refractivity contribution in [1.29, 1.82) is 0 Å². The van der Waals surface area contributed by atoms with Crippen molar-refractivity contribution in [3.8, 4) is 0 Å². The Morgan fingerprint density at radius 3 is 2.42 bits per heavy atom. The van der Waals surface area contributed by atoms with E-state index in [2.05, 4.69) is 25.5 Å². The van der Waals surface area contributed by atoms with Crippen LogP contribution in [0.25, 0.3) is 0 Å². The molecule has 186 valence electrons. The highest BCUT2D eigenvalue weighted by molar-refractivity contribution is 5.93. The molecule has 4 rings (SSSR count). The van der Waals surface area contributed by atoms with E-state index in [-0.39, 0.29) is 0 Å². The zero-order chi connectivity index (χ0) is 23.8. The molecule has 0 saturated heterocycles. The maximum Gasteiger partial charge on any atom is 0.323 e. The third kappa shape index (κ3) is 4.57. The summed E-state index contributed by atoms with van der Waals surface area (Å²) in [7, 11) is 0. The molecular formula is C29H46O4. The molecule has 0 aromatic rings. The Bertz CT molecular complexity index is 746. The third-order valence-electron chi connectivity index (χ3n) is 11.2. The molecule has 0 heterocycles. The van der Waals surface area contributed by atoms with Gasteiger partial charge in [0, 0.05) is 6.92 Å². The number of fused-ring (bicyclic) bond motifs is 5. The summed E-state index contributed by atoms with van der Waals surface area (Å²) in [6.07, 6.45) is 17.3. The van der Waals surface area contributed by atoms with Gasteiger partial charge in [0.05, 0.1) is 0 Å². The third-order valence-corrected chi connectivity index (χ3v) is 11.2. The second-order valence-electron chi connectivity index (χ2n) is 12.7. The van der Waals surface area contributed by atoms with Crippen molar-refractivity contribution in [2.45, 2.75) is 111 Å². The average Bonchev–Trinajstić information content (AvgIpc) is 3.13. The highest BCUT2D eigenvalue weighted by Crippen LogP contribution is 2.68. The molecular weight excluding hydrogens is 412 g/mol. The summed E-state index contributed by atoms with van der Waals surface area (Å²) in [5, 5.41) is 0. The van der Waals surface area contributed by atoms with Gasteiger partial charge in [-0.25, -0.2) is 0 Å². The summed E-state index contributed by atoms with van der Waals surface area (Å²) in [5.74, 6) is 2.96. The van der Waals surface area contributed by atoms with Gasteiger partial charge in [0.25, 0.3) is 0 Å². The standard InChI is InChI=1S/C29H46O4/c1-19(8-7-9-21(18-30)27(32)33-20(2)31)24-13-14-25-23-12-11-22-10-5-6-16-28(22,3)26(23)15-17-29(24,25)4/h18-19,21-26H,5-17H2,1-4H3/t19-,21?,22?,23+,24-,25+,26+,28+,29-/m1/s1. The SMILES string of the molecule is CC(=O)OC(=O)C(C=O)CCC[C@@H](C)[C@H]1CC[C@H]2[C@@H]3CCC4CCCC[C@]4(C)[C@H]3CC[C@]12C. The molecule has 0 aliphatic heterocycles. The largest absolute Gasteiger partial charge is 0.393 e. The Kier molecular flexibility index (Phi) is 7.41. The van der Waals surface area contributed by atoms with E-state index in [0.717, 1.165) is 42.4 Å². The van der Waals surface area contributed by atoms with Gasteiger partial charge in [0.1, 0.15) is 12.2 Å². The summed E-state index contributed by atoms with van der Waals surface area (Å²) >= 11 is 0. The van der Waals surface area contributed by atoms with Crippen LogP contribution in [0.5, 0.6) is 0 Å². The molecule has 4 heteroatoms. The predicted molar refractivity (Wildman–Crippen MR) is 129 cm³/mol. The average molecular weight is 459 g/mol. The van der Waals surface area contributed by atoms with Crippen molar-refractivity contribution < 1.29 is 19.1 Å². The number of carbonyl (C=O) groups is 3. The second kappa shape index (κ2) is 9.82. The molecule has 4 aliphatic carbocycles. The molecule has 4 aliphatic rings. The van der Waals surface area contributed by atoms with Crippen LogP contribution in [0.4, 0.5) is 0 Å². The van der Waals surface area contributed by atoms with Crippen molar-refractivity contribution in [1.82, 2.24) is 0 Å². The van der Waals surface area contributed by atoms with Gasteiger partial charge in [-0.2, -0.15) is 0 Å². The first-order valence-electron chi connectivity index (χ1n) is 13.9. The van der Waals surface area contributed by atoms with Crippen LogP contribution in [0, 0.1) is 52.3 Å². The minimum absolute atomic E-state index is 0.454. The fraction of sp³-hybridized carbons (Fsp3) is 0.897. The van der Waals surface area contributed by atoms with Crippen LogP contribution in [0.2, 0.25) is 0 Å². The van der Waals surface area contributed by atoms with Crippen molar-refractivity contribution in [3.63, 3.8) is 0 Å². The fourth-order valence-electron chi connectivity index (χ4n) is 9.59. The van der Waals surface area contributed by atoms with Crippen LogP contribution in [-0.4, -0.2) is 18.2 Å². The molecule has 0 spiro atoms. The van der Waals surface area contributed by atoms with Crippen LogP contribution < -0.4 is 0 Å². The molecule has 0 N–H and O–H groups in total. The van der Waals surface area contributed by atoms with Gasteiger partial charge in [-0.1, -0.05) is 46.5 Å². The van der Waals surface area contributed by atoms with Crippen LogP contribution in [0.15, 0.2) is 0 Å². The first-order valence-corrected chi connectivity index (χ1v) is 13.9. The van der Waals surface area contributed by atoms with Crippen molar-refractivity contribution in [2.75, 3.05) is 0 Å². The lowest BCUT2D eigenvalue weighted by Gasteiger charge is -2.61. The molecule has 4 fully saturated rings. The van der Waals surface area contributed by atoms with E-state index >= 15 is 0 Å². The number of carbonyl (C=O) groups excluding carboxylic acids is 3. The Hall–Kier alpha value is -1.19. The first kappa shape index (κ1) is 24.9. The molecule has 33 heavy (non-hydrogen) atoms. The van der Waals surface area contributed by atoms with Crippen LogP contribution in [0.3, 0.4) is 0 Å². The monoisotopic (exact) mass is 458 g/mol. The lowest BCUT2D eigenvalue weighted by atomic mass is 9.44. The van der Waals surface area contributed by atoms with Crippen molar-refractivity contribution >= 4 is 18.2 Å². The number of aldehydes is 1. The fourth-order valence-corrected chi connectivity index (χ4v) is 9.59. The molecule has 4 nitrogen and oxygen atoms in total. The first-order chi connectivity index (χ1) is 15.7. The van der Waals surface area contributed by atoms with E-state index in [9.17, 15) is 14.4 Å². The van der Waals surface area contributed by atoms with Gasteiger partial charge in [-0.05, 0) is 104 Å². The van der Waals surface area contributed by atoms with Crippen molar-refractivity contribution in [3.05, 3.63) is 0 Å².